The maximum atomic E-state index is 12.3. The Morgan fingerprint density at radius 3 is 2.84 bits per heavy atom. The summed E-state index contributed by atoms with van der Waals surface area (Å²) in [6.45, 7) is 4.97. The minimum Gasteiger partial charge on any atom is -0.469 e. The zero-order valence-corrected chi connectivity index (χ0v) is 11.4. The fourth-order valence-corrected chi connectivity index (χ4v) is 1.85. The number of aromatic nitrogens is 2. The number of anilines is 1. The van der Waals surface area contributed by atoms with Gasteiger partial charge in [0.1, 0.15) is 5.76 Å². The van der Waals surface area contributed by atoms with E-state index in [1.165, 1.54) is 0 Å². The van der Waals surface area contributed by atoms with Gasteiger partial charge in [0.05, 0.1) is 12.0 Å². The molecular weight excluding hydrogens is 244 g/mol. The standard InChI is InChI=1S/C13H18N4O2/c1-4-17-8-11(14)12(15-17)13(18)16(3)7-10-5-6-19-9(10)2/h5-6,8H,4,7,14H2,1-3H3. The summed E-state index contributed by atoms with van der Waals surface area (Å²) in [5, 5.41) is 4.18. The molecular formula is C13H18N4O2. The molecule has 1 amide bonds. The second kappa shape index (κ2) is 5.17. The van der Waals surface area contributed by atoms with E-state index in [1.54, 1.807) is 29.1 Å². The maximum absolute atomic E-state index is 12.3. The first-order valence-electron chi connectivity index (χ1n) is 6.14. The monoisotopic (exact) mass is 262 g/mol. The smallest absolute Gasteiger partial charge is 0.276 e. The molecule has 0 saturated heterocycles. The van der Waals surface area contributed by atoms with E-state index in [-0.39, 0.29) is 5.91 Å². The van der Waals surface area contributed by atoms with Gasteiger partial charge in [0.15, 0.2) is 5.69 Å². The number of aryl methyl sites for hydroxylation is 2. The molecule has 2 N–H and O–H groups in total. The van der Waals surface area contributed by atoms with E-state index >= 15 is 0 Å². The van der Waals surface area contributed by atoms with Crippen LogP contribution in [-0.4, -0.2) is 27.6 Å². The molecule has 0 aromatic carbocycles. The summed E-state index contributed by atoms with van der Waals surface area (Å²) in [5.74, 6) is 0.622. The third-order valence-corrected chi connectivity index (χ3v) is 3.04. The van der Waals surface area contributed by atoms with Crippen LogP contribution in [-0.2, 0) is 13.1 Å². The molecule has 0 aliphatic heterocycles. The molecule has 0 saturated carbocycles. The Balaban J connectivity index is 2.14. The van der Waals surface area contributed by atoms with Crippen LogP contribution < -0.4 is 5.73 Å². The molecule has 0 atom stereocenters. The third kappa shape index (κ3) is 2.62. The Morgan fingerprint density at radius 2 is 2.32 bits per heavy atom. The van der Waals surface area contributed by atoms with Crippen LogP contribution >= 0.6 is 0 Å². The average molecular weight is 262 g/mol. The van der Waals surface area contributed by atoms with Crippen LogP contribution in [0.3, 0.4) is 0 Å². The van der Waals surface area contributed by atoms with Crippen LogP contribution in [0, 0.1) is 6.92 Å². The number of nitrogen functional groups attached to an aromatic ring is 1. The molecule has 6 heteroatoms. The van der Waals surface area contributed by atoms with Crippen molar-refractivity contribution in [2.24, 2.45) is 0 Å². The Morgan fingerprint density at radius 1 is 1.58 bits per heavy atom. The van der Waals surface area contributed by atoms with Crippen molar-refractivity contribution in [1.29, 1.82) is 0 Å². The van der Waals surface area contributed by atoms with E-state index < -0.39 is 0 Å². The topological polar surface area (TPSA) is 77.3 Å². The number of rotatable bonds is 4. The van der Waals surface area contributed by atoms with E-state index in [0.717, 1.165) is 11.3 Å². The molecule has 2 rings (SSSR count). The highest BCUT2D eigenvalue weighted by Crippen LogP contribution is 2.15. The van der Waals surface area contributed by atoms with Gasteiger partial charge in [-0.05, 0) is 19.9 Å². The molecule has 2 heterocycles. The number of carbonyl (C=O) groups excluding carboxylic acids is 1. The van der Waals surface area contributed by atoms with Gasteiger partial charge in [0.25, 0.3) is 5.91 Å². The maximum Gasteiger partial charge on any atom is 0.276 e. The highest BCUT2D eigenvalue weighted by molar-refractivity contribution is 5.96. The lowest BCUT2D eigenvalue weighted by Gasteiger charge is -2.15. The highest BCUT2D eigenvalue weighted by Gasteiger charge is 2.19. The van der Waals surface area contributed by atoms with Gasteiger partial charge >= 0.3 is 0 Å². The first-order chi connectivity index (χ1) is 9.02. The van der Waals surface area contributed by atoms with Crippen molar-refractivity contribution in [3.8, 4) is 0 Å². The van der Waals surface area contributed by atoms with Crippen molar-refractivity contribution in [2.75, 3.05) is 12.8 Å². The normalized spacial score (nSPS) is 10.7. The lowest BCUT2D eigenvalue weighted by molar-refractivity contribution is 0.0779. The zero-order valence-electron chi connectivity index (χ0n) is 11.4. The molecule has 0 unspecified atom stereocenters. The Labute approximate surface area is 111 Å². The van der Waals surface area contributed by atoms with Gasteiger partial charge in [0, 0.05) is 31.9 Å². The largest absolute Gasteiger partial charge is 0.469 e. The summed E-state index contributed by atoms with van der Waals surface area (Å²) >= 11 is 0. The van der Waals surface area contributed by atoms with Crippen LogP contribution in [0.1, 0.15) is 28.7 Å². The Bertz CT molecular complexity index is 585. The summed E-state index contributed by atoms with van der Waals surface area (Å²) in [6.07, 6.45) is 3.29. The van der Waals surface area contributed by atoms with Gasteiger partial charge in [-0.15, -0.1) is 0 Å². The predicted octanol–water partition coefficient (Wildman–Crippen LogP) is 1.66. The molecule has 0 bridgehead atoms. The SMILES string of the molecule is CCn1cc(N)c(C(=O)N(C)Cc2ccoc2C)n1. The van der Waals surface area contributed by atoms with Gasteiger partial charge in [-0.3, -0.25) is 9.48 Å². The van der Waals surface area contributed by atoms with Gasteiger partial charge < -0.3 is 15.1 Å². The second-order valence-corrected chi connectivity index (χ2v) is 4.45. The van der Waals surface area contributed by atoms with Gasteiger partial charge in [-0.1, -0.05) is 0 Å². The fraction of sp³-hybridized carbons (Fsp3) is 0.385. The molecule has 2 aromatic rings. The van der Waals surface area contributed by atoms with Crippen LogP contribution in [0.5, 0.6) is 0 Å². The summed E-state index contributed by atoms with van der Waals surface area (Å²) < 4.78 is 6.87. The van der Waals surface area contributed by atoms with Crippen LogP contribution in [0.25, 0.3) is 0 Å². The fourth-order valence-electron chi connectivity index (χ4n) is 1.85. The first kappa shape index (κ1) is 13.2. The minimum absolute atomic E-state index is 0.190. The molecule has 0 radical (unpaired) electrons. The number of amides is 1. The van der Waals surface area contributed by atoms with Crippen molar-refractivity contribution in [2.45, 2.75) is 26.9 Å². The van der Waals surface area contributed by atoms with E-state index in [1.807, 2.05) is 19.9 Å². The highest BCUT2D eigenvalue weighted by atomic mass is 16.3. The number of nitrogens with zero attached hydrogens (tertiary/aromatic N) is 3. The van der Waals surface area contributed by atoms with Crippen LogP contribution in [0.15, 0.2) is 22.9 Å². The van der Waals surface area contributed by atoms with Crippen LogP contribution in [0.2, 0.25) is 0 Å². The number of hydrogen-bond acceptors (Lipinski definition) is 4. The van der Waals surface area contributed by atoms with Crippen molar-refractivity contribution in [3.05, 3.63) is 35.5 Å². The summed E-state index contributed by atoms with van der Waals surface area (Å²) in [4.78, 5) is 13.9. The number of carbonyl (C=O) groups is 1. The van der Waals surface area contributed by atoms with Crippen molar-refractivity contribution >= 4 is 11.6 Å². The van der Waals surface area contributed by atoms with E-state index in [9.17, 15) is 4.79 Å². The van der Waals surface area contributed by atoms with Crippen molar-refractivity contribution < 1.29 is 9.21 Å². The zero-order chi connectivity index (χ0) is 14.0. The molecule has 102 valence electrons. The molecule has 0 aliphatic rings. The lowest BCUT2D eigenvalue weighted by Crippen LogP contribution is -2.27. The summed E-state index contributed by atoms with van der Waals surface area (Å²) in [7, 11) is 1.72. The van der Waals surface area contributed by atoms with Gasteiger partial charge in [-0.2, -0.15) is 5.10 Å². The van der Waals surface area contributed by atoms with E-state index in [0.29, 0.717) is 24.5 Å². The van der Waals surface area contributed by atoms with E-state index in [2.05, 4.69) is 5.10 Å². The van der Waals surface area contributed by atoms with Gasteiger partial charge in [-0.25, -0.2) is 0 Å². The predicted molar refractivity (Wildman–Crippen MR) is 71.6 cm³/mol. The Kier molecular flexibility index (Phi) is 3.59. The second-order valence-electron chi connectivity index (χ2n) is 4.45. The molecule has 0 fully saturated rings. The summed E-state index contributed by atoms with van der Waals surface area (Å²) in [5.41, 5.74) is 7.49. The lowest BCUT2D eigenvalue weighted by atomic mass is 10.2. The number of furan rings is 1. The van der Waals surface area contributed by atoms with Gasteiger partial charge in [0.2, 0.25) is 0 Å². The molecule has 19 heavy (non-hydrogen) atoms. The first-order valence-corrected chi connectivity index (χ1v) is 6.14. The number of hydrogen-bond donors (Lipinski definition) is 1. The molecule has 0 spiro atoms. The summed E-state index contributed by atoms with van der Waals surface area (Å²) in [6, 6.07) is 1.85. The minimum atomic E-state index is -0.190. The van der Waals surface area contributed by atoms with Crippen molar-refractivity contribution in [1.82, 2.24) is 14.7 Å². The number of nitrogens with two attached hydrogens (primary N) is 1. The molecule has 0 aliphatic carbocycles. The molecule has 6 nitrogen and oxygen atoms in total. The van der Waals surface area contributed by atoms with Crippen molar-refractivity contribution in [3.63, 3.8) is 0 Å². The Hall–Kier alpha value is -2.24. The van der Waals surface area contributed by atoms with E-state index in [4.69, 9.17) is 10.2 Å². The average Bonchev–Trinajstić information content (AvgIpc) is 2.95. The third-order valence-electron chi connectivity index (χ3n) is 3.04. The molecule has 2 aromatic heterocycles. The van der Waals surface area contributed by atoms with Crippen LogP contribution in [0.4, 0.5) is 5.69 Å². The quantitative estimate of drug-likeness (QED) is 0.909.